The molecule has 2 N–H and O–H groups in total. The lowest BCUT2D eigenvalue weighted by Crippen LogP contribution is -2.45. The fraction of sp³-hybridized carbons (Fsp3) is 0.866. The number of carbonyl (C=O) groups excluding carboxylic acids is 1. The third-order valence-electron chi connectivity index (χ3n) is 15.0. The minimum absolute atomic E-state index is 0.00844. The summed E-state index contributed by atoms with van der Waals surface area (Å²) in [6, 6.07) is -0.910. The molecule has 1 amide bonds. The molecule has 0 bridgehead atoms. The minimum atomic E-state index is -4.61. The molecule has 0 aromatic rings. The van der Waals surface area contributed by atoms with Crippen LogP contribution in [-0.2, 0) is 18.4 Å². The van der Waals surface area contributed by atoms with E-state index in [2.05, 4.69) is 55.6 Å². The van der Waals surface area contributed by atoms with Gasteiger partial charge in [-0.25, -0.2) is 0 Å². The van der Waals surface area contributed by atoms with Crippen LogP contribution in [0.25, 0.3) is 0 Å². The van der Waals surface area contributed by atoms with Gasteiger partial charge in [0.25, 0.3) is 7.82 Å². The van der Waals surface area contributed by atoms with Gasteiger partial charge in [-0.1, -0.05) is 294 Å². The van der Waals surface area contributed by atoms with Crippen molar-refractivity contribution in [2.24, 2.45) is 0 Å². The Hall–Kier alpha value is -1.54. The number of nitrogens with one attached hydrogen (secondary N) is 1. The number of hydrogen-bond acceptors (Lipinski definition) is 6. The average Bonchev–Trinajstić information content (AvgIpc) is 3.38. The quantitative estimate of drug-likeness (QED) is 0.0272. The highest BCUT2D eigenvalue weighted by Gasteiger charge is 2.23. The Balaban J connectivity index is 4.09. The van der Waals surface area contributed by atoms with Gasteiger partial charge >= 0.3 is 0 Å². The van der Waals surface area contributed by atoms with Crippen LogP contribution in [0.5, 0.6) is 0 Å². The van der Waals surface area contributed by atoms with E-state index < -0.39 is 26.6 Å². The Morgan fingerprint density at radius 1 is 0.447 bits per heavy atom. The van der Waals surface area contributed by atoms with E-state index in [1.54, 1.807) is 6.08 Å². The third-order valence-corrected chi connectivity index (χ3v) is 16.0. The molecular formula is C67H129N2O6P. The highest BCUT2D eigenvalue weighted by Crippen LogP contribution is 2.38. The number of quaternary nitrogens is 1. The maximum absolute atomic E-state index is 13.0. The number of nitrogens with zero attached hydrogens (tertiary/aromatic N) is 1. The number of allylic oxidation sites excluding steroid dienone is 7. The second kappa shape index (κ2) is 58.1. The van der Waals surface area contributed by atoms with Crippen LogP contribution in [0.2, 0.25) is 0 Å². The van der Waals surface area contributed by atoms with Gasteiger partial charge in [-0.15, -0.1) is 0 Å². The van der Waals surface area contributed by atoms with Crippen molar-refractivity contribution in [2.45, 2.75) is 334 Å². The maximum atomic E-state index is 13.0. The summed E-state index contributed by atoms with van der Waals surface area (Å²) >= 11 is 0. The summed E-state index contributed by atoms with van der Waals surface area (Å²) in [5.74, 6) is -0.207. The number of likely N-dealkylation sites (N-methyl/N-ethyl adjacent to an activating group) is 1. The van der Waals surface area contributed by atoms with Gasteiger partial charge in [0.2, 0.25) is 5.91 Å². The molecule has 0 spiro atoms. The third kappa shape index (κ3) is 60.1. The highest BCUT2D eigenvalue weighted by atomic mass is 31.2. The number of hydrogen-bond donors (Lipinski definition) is 2. The Labute approximate surface area is 473 Å². The molecule has 3 atom stereocenters. The van der Waals surface area contributed by atoms with Gasteiger partial charge < -0.3 is 28.8 Å². The molecule has 0 aliphatic carbocycles. The molecule has 0 aromatic heterocycles. The van der Waals surface area contributed by atoms with E-state index >= 15 is 0 Å². The number of carbonyl (C=O) groups is 1. The number of aliphatic hydroxyl groups excluding tert-OH is 1. The lowest BCUT2D eigenvalue weighted by Gasteiger charge is -2.29. The molecule has 0 fully saturated rings. The number of amides is 1. The number of phosphoric ester groups is 1. The van der Waals surface area contributed by atoms with Crippen molar-refractivity contribution in [1.29, 1.82) is 0 Å². The van der Waals surface area contributed by atoms with Gasteiger partial charge in [0.1, 0.15) is 13.2 Å². The molecule has 0 aliphatic rings. The average molecular weight is 1090 g/mol. The molecule has 0 saturated heterocycles. The number of unbranched alkanes of at least 4 members (excludes halogenated alkanes) is 42. The zero-order valence-electron chi connectivity index (χ0n) is 51.2. The fourth-order valence-electron chi connectivity index (χ4n) is 9.83. The first-order valence-electron chi connectivity index (χ1n) is 33.0. The van der Waals surface area contributed by atoms with Crippen LogP contribution >= 0.6 is 7.82 Å². The van der Waals surface area contributed by atoms with Gasteiger partial charge in [-0.3, -0.25) is 9.36 Å². The van der Waals surface area contributed by atoms with Crippen LogP contribution in [0.15, 0.2) is 48.6 Å². The van der Waals surface area contributed by atoms with Gasteiger partial charge in [0.05, 0.1) is 39.9 Å². The second-order valence-corrected chi connectivity index (χ2v) is 25.2. The summed E-state index contributed by atoms with van der Waals surface area (Å²) in [5, 5.41) is 13.9. The van der Waals surface area contributed by atoms with Crippen molar-refractivity contribution in [2.75, 3.05) is 40.9 Å². The van der Waals surface area contributed by atoms with Crippen molar-refractivity contribution in [3.05, 3.63) is 48.6 Å². The van der Waals surface area contributed by atoms with E-state index in [9.17, 15) is 19.4 Å². The molecule has 76 heavy (non-hydrogen) atoms. The predicted molar refractivity (Wildman–Crippen MR) is 330 cm³/mol. The van der Waals surface area contributed by atoms with Crippen molar-refractivity contribution in [1.82, 2.24) is 5.32 Å². The number of phosphoric acid groups is 1. The molecule has 448 valence electrons. The highest BCUT2D eigenvalue weighted by molar-refractivity contribution is 7.45. The van der Waals surface area contributed by atoms with E-state index in [0.29, 0.717) is 17.4 Å². The smallest absolute Gasteiger partial charge is 0.268 e. The van der Waals surface area contributed by atoms with Gasteiger partial charge in [0.15, 0.2) is 0 Å². The Kier molecular flexibility index (Phi) is 56.9. The van der Waals surface area contributed by atoms with Crippen LogP contribution < -0.4 is 10.2 Å². The SMILES string of the molecule is CCCCCCCCCCCCC/C=C/CC/C=C/CC/C=C/C(O)C(COP(=O)([O-])OCC[N+](C)(C)C)NC(=O)CCCCCCCCCCCCCCCCCCC/C=C\CCCCCCCCCCCCCC. The summed E-state index contributed by atoms with van der Waals surface area (Å²) in [7, 11) is 1.24. The summed E-state index contributed by atoms with van der Waals surface area (Å²) in [5.41, 5.74) is 0. The summed E-state index contributed by atoms with van der Waals surface area (Å²) in [6.45, 7) is 4.66. The number of aliphatic hydroxyl groups is 1. The lowest BCUT2D eigenvalue weighted by molar-refractivity contribution is -0.870. The van der Waals surface area contributed by atoms with Crippen molar-refractivity contribution in [3.8, 4) is 0 Å². The largest absolute Gasteiger partial charge is 0.756 e. The summed E-state index contributed by atoms with van der Waals surface area (Å²) < 4.78 is 23.4. The van der Waals surface area contributed by atoms with Crippen molar-refractivity contribution >= 4 is 13.7 Å². The lowest BCUT2D eigenvalue weighted by atomic mass is 10.0. The molecule has 0 rings (SSSR count). The Morgan fingerprint density at radius 3 is 1.07 bits per heavy atom. The second-order valence-electron chi connectivity index (χ2n) is 23.8. The molecule has 0 heterocycles. The van der Waals surface area contributed by atoms with E-state index in [4.69, 9.17) is 9.05 Å². The molecular weight excluding hydrogens is 960 g/mol. The van der Waals surface area contributed by atoms with Crippen molar-refractivity contribution < 1.29 is 32.9 Å². The Morgan fingerprint density at radius 2 is 0.737 bits per heavy atom. The van der Waals surface area contributed by atoms with Crippen LogP contribution in [0.3, 0.4) is 0 Å². The first-order valence-corrected chi connectivity index (χ1v) is 34.5. The maximum Gasteiger partial charge on any atom is 0.268 e. The molecule has 8 nitrogen and oxygen atoms in total. The monoisotopic (exact) mass is 1090 g/mol. The first-order chi connectivity index (χ1) is 37.0. The van der Waals surface area contributed by atoms with E-state index in [1.165, 1.54) is 257 Å². The molecule has 0 saturated carbocycles. The van der Waals surface area contributed by atoms with E-state index in [1.807, 2.05) is 27.2 Å². The van der Waals surface area contributed by atoms with Crippen LogP contribution in [0, 0.1) is 0 Å². The standard InChI is InChI=1S/C67H129N2O6P/c1-6-8-10-12-14-16-18-20-22-24-26-28-29-30-31-32-33-34-35-36-37-38-39-41-43-45-47-49-51-53-55-57-59-61-67(71)68-65(64-75-76(72,73)74-63-62-69(3,4)5)66(70)60-58-56-54-52-50-48-46-44-42-40-27-25-23-21-19-17-15-13-11-9-7-2/h30-31,42,44,50,52,58,60,65-66,70H,6-29,32-41,43,45-49,51,53-57,59,61-64H2,1-5H3,(H-,68,71,72,73)/b31-30-,44-42+,52-50+,60-58+. The molecule has 0 aromatic carbocycles. The summed E-state index contributed by atoms with van der Waals surface area (Å²) in [6.07, 6.45) is 78.0. The Bertz CT molecular complexity index is 1380. The molecule has 9 heteroatoms. The normalized spacial score (nSPS) is 14.0. The molecule has 0 aliphatic heterocycles. The zero-order chi connectivity index (χ0) is 55.6. The topological polar surface area (TPSA) is 108 Å². The predicted octanol–water partition coefficient (Wildman–Crippen LogP) is 20.0. The van der Waals surface area contributed by atoms with Crippen LogP contribution in [0.1, 0.15) is 322 Å². The fourth-order valence-corrected chi connectivity index (χ4v) is 10.6. The van der Waals surface area contributed by atoms with E-state index in [-0.39, 0.29) is 12.5 Å². The minimum Gasteiger partial charge on any atom is -0.756 e. The van der Waals surface area contributed by atoms with Crippen molar-refractivity contribution in [3.63, 3.8) is 0 Å². The van der Waals surface area contributed by atoms with Crippen LogP contribution in [0.4, 0.5) is 0 Å². The van der Waals surface area contributed by atoms with Gasteiger partial charge in [-0.05, 0) is 70.6 Å². The first kappa shape index (κ1) is 74.5. The number of rotatable bonds is 61. The van der Waals surface area contributed by atoms with E-state index in [0.717, 1.165) is 44.9 Å². The van der Waals surface area contributed by atoms with Gasteiger partial charge in [0, 0.05) is 6.42 Å². The van der Waals surface area contributed by atoms with Gasteiger partial charge in [-0.2, -0.15) is 0 Å². The summed E-state index contributed by atoms with van der Waals surface area (Å²) in [4.78, 5) is 25.6. The van der Waals surface area contributed by atoms with Crippen LogP contribution in [-0.4, -0.2) is 68.5 Å². The molecule has 0 radical (unpaired) electrons. The molecule has 3 unspecified atom stereocenters. The zero-order valence-corrected chi connectivity index (χ0v) is 52.1.